The third-order valence-corrected chi connectivity index (χ3v) is 5.75. The monoisotopic (exact) mass is 574 g/mol. The molecule has 0 radical (unpaired) electrons. The first-order valence-corrected chi connectivity index (χ1v) is 12.4. The highest BCUT2D eigenvalue weighted by Crippen LogP contribution is 2.19. The number of amides is 3. The van der Waals surface area contributed by atoms with Gasteiger partial charge in [-0.05, 0) is 84.4 Å². The van der Waals surface area contributed by atoms with E-state index in [0.29, 0.717) is 32.6 Å². The largest absolute Gasteiger partial charge is 0.423 e. The maximum atomic E-state index is 12.7. The van der Waals surface area contributed by atoms with Gasteiger partial charge in [-0.3, -0.25) is 14.4 Å². The number of hydrazone groups is 1. The zero-order chi connectivity index (χ0) is 28.5. The highest BCUT2D eigenvalue weighted by Gasteiger charge is 2.18. The van der Waals surface area contributed by atoms with Gasteiger partial charge in [0.25, 0.3) is 5.91 Å². The van der Waals surface area contributed by atoms with Gasteiger partial charge in [-0.1, -0.05) is 41.4 Å². The maximum absolute atomic E-state index is 12.7. The number of benzene rings is 4. The lowest BCUT2D eigenvalue weighted by molar-refractivity contribution is -0.136. The Kier molecular flexibility index (Phi) is 9.24. The van der Waals surface area contributed by atoms with Crippen molar-refractivity contribution in [3.63, 3.8) is 0 Å². The van der Waals surface area contributed by atoms with Crippen LogP contribution in [0, 0.1) is 0 Å². The minimum atomic E-state index is -1.05. The fourth-order valence-electron chi connectivity index (χ4n) is 3.32. The van der Waals surface area contributed by atoms with E-state index in [-0.39, 0.29) is 11.3 Å². The fourth-order valence-corrected chi connectivity index (χ4v) is 3.64. The number of hydrogen-bond acceptors (Lipinski definition) is 6. The molecular formula is C29H20Cl2N4O5. The van der Waals surface area contributed by atoms with Gasteiger partial charge < -0.3 is 15.4 Å². The summed E-state index contributed by atoms with van der Waals surface area (Å²) in [5, 5.41) is 9.83. The average molecular weight is 575 g/mol. The molecule has 0 saturated heterocycles. The van der Waals surface area contributed by atoms with Crippen molar-refractivity contribution in [1.82, 2.24) is 5.43 Å². The summed E-state index contributed by atoms with van der Waals surface area (Å²) in [4.78, 5) is 49.6. The third kappa shape index (κ3) is 7.76. The van der Waals surface area contributed by atoms with E-state index in [1.807, 2.05) is 0 Å². The Morgan fingerprint density at radius 2 is 1.45 bits per heavy atom. The highest BCUT2D eigenvalue weighted by molar-refractivity contribution is 6.40. The van der Waals surface area contributed by atoms with Crippen molar-refractivity contribution < 1.29 is 23.9 Å². The number of para-hydroxylation sites is 1. The van der Waals surface area contributed by atoms with Crippen molar-refractivity contribution in [3.8, 4) is 5.75 Å². The molecule has 4 aromatic rings. The van der Waals surface area contributed by atoms with Crippen LogP contribution in [0.25, 0.3) is 0 Å². The van der Waals surface area contributed by atoms with Crippen LogP contribution in [0.2, 0.25) is 10.0 Å². The lowest BCUT2D eigenvalue weighted by Crippen LogP contribution is -2.33. The van der Waals surface area contributed by atoms with Gasteiger partial charge in [0.15, 0.2) is 0 Å². The molecule has 9 nitrogen and oxygen atoms in total. The van der Waals surface area contributed by atoms with E-state index >= 15 is 0 Å². The summed E-state index contributed by atoms with van der Waals surface area (Å²) in [6.07, 6.45) is 1.31. The van der Waals surface area contributed by atoms with Crippen molar-refractivity contribution >= 4 is 64.5 Å². The van der Waals surface area contributed by atoms with E-state index in [0.717, 1.165) is 0 Å². The second-order valence-electron chi connectivity index (χ2n) is 8.13. The molecule has 0 aliphatic heterocycles. The Bertz CT molecular complexity index is 1590. The van der Waals surface area contributed by atoms with Gasteiger partial charge in [-0.15, -0.1) is 0 Å². The summed E-state index contributed by atoms with van der Waals surface area (Å²) in [5.74, 6) is -2.82. The smallest absolute Gasteiger partial charge is 0.343 e. The molecule has 0 aliphatic carbocycles. The van der Waals surface area contributed by atoms with Crippen LogP contribution in [-0.2, 0) is 9.59 Å². The predicted molar refractivity (Wildman–Crippen MR) is 153 cm³/mol. The number of halogens is 2. The summed E-state index contributed by atoms with van der Waals surface area (Å²) in [7, 11) is 0. The van der Waals surface area contributed by atoms with E-state index in [1.54, 1.807) is 78.9 Å². The Morgan fingerprint density at radius 1 is 0.725 bits per heavy atom. The van der Waals surface area contributed by atoms with E-state index in [4.69, 9.17) is 27.9 Å². The van der Waals surface area contributed by atoms with E-state index in [1.165, 1.54) is 24.4 Å². The lowest BCUT2D eigenvalue weighted by atomic mass is 10.1. The molecular weight excluding hydrogens is 555 g/mol. The van der Waals surface area contributed by atoms with Crippen LogP contribution in [0.1, 0.15) is 26.3 Å². The number of carbonyl (C=O) groups excluding carboxylic acids is 4. The summed E-state index contributed by atoms with van der Waals surface area (Å²) >= 11 is 11.8. The molecule has 0 atom stereocenters. The van der Waals surface area contributed by atoms with Crippen LogP contribution in [0.3, 0.4) is 0 Å². The van der Waals surface area contributed by atoms with Gasteiger partial charge in [-0.2, -0.15) is 5.10 Å². The number of nitrogens with one attached hydrogen (secondary N) is 3. The van der Waals surface area contributed by atoms with Crippen molar-refractivity contribution in [2.75, 3.05) is 10.6 Å². The Morgan fingerprint density at radius 3 is 2.17 bits per heavy atom. The third-order valence-electron chi connectivity index (χ3n) is 5.26. The zero-order valence-electron chi connectivity index (χ0n) is 20.6. The molecule has 0 fully saturated rings. The van der Waals surface area contributed by atoms with Crippen LogP contribution in [-0.4, -0.2) is 29.9 Å². The minimum Gasteiger partial charge on any atom is -0.423 e. The predicted octanol–water partition coefficient (Wildman–Crippen LogP) is 5.55. The molecule has 0 spiro atoms. The standard InChI is InChI=1S/C29H20Cl2N4O5/c30-20-10-12-22(13-11-20)33-26(36)24-6-1-2-7-25(24)34-27(37)28(38)35-32-17-18-8-14-23(15-9-18)40-29(39)19-4-3-5-21(31)16-19/h1-17H,(H,33,36)(H,34,37)(H,35,38)/b32-17+. The first-order chi connectivity index (χ1) is 19.3. The Labute approximate surface area is 238 Å². The lowest BCUT2D eigenvalue weighted by Gasteiger charge is -2.11. The first-order valence-electron chi connectivity index (χ1n) is 11.7. The molecule has 4 aromatic carbocycles. The van der Waals surface area contributed by atoms with E-state index in [2.05, 4.69) is 21.2 Å². The molecule has 0 unspecified atom stereocenters. The van der Waals surface area contributed by atoms with Gasteiger partial charge in [0.2, 0.25) is 0 Å². The molecule has 0 bridgehead atoms. The van der Waals surface area contributed by atoms with Gasteiger partial charge in [0, 0.05) is 15.7 Å². The highest BCUT2D eigenvalue weighted by atomic mass is 35.5. The van der Waals surface area contributed by atoms with Crippen LogP contribution < -0.4 is 20.8 Å². The average Bonchev–Trinajstić information content (AvgIpc) is 2.95. The summed E-state index contributed by atoms with van der Waals surface area (Å²) in [6.45, 7) is 0. The Balaban J connectivity index is 1.30. The molecule has 11 heteroatoms. The minimum absolute atomic E-state index is 0.140. The quantitative estimate of drug-likeness (QED) is 0.0876. The van der Waals surface area contributed by atoms with Gasteiger partial charge in [0.1, 0.15) is 5.75 Å². The number of ether oxygens (including phenoxy) is 1. The first kappa shape index (κ1) is 28.0. The van der Waals surface area contributed by atoms with Crippen LogP contribution in [0.5, 0.6) is 5.75 Å². The van der Waals surface area contributed by atoms with Gasteiger partial charge in [-0.25, -0.2) is 10.2 Å². The molecule has 0 aromatic heterocycles. The number of esters is 1. The fraction of sp³-hybridized carbons (Fsp3) is 0. The molecule has 200 valence electrons. The number of rotatable bonds is 7. The van der Waals surface area contributed by atoms with Gasteiger partial charge in [0.05, 0.1) is 23.0 Å². The Hall–Kier alpha value is -4.99. The van der Waals surface area contributed by atoms with E-state index in [9.17, 15) is 19.2 Å². The van der Waals surface area contributed by atoms with Crippen LogP contribution >= 0.6 is 23.2 Å². The maximum Gasteiger partial charge on any atom is 0.343 e. The molecule has 40 heavy (non-hydrogen) atoms. The molecule has 3 N–H and O–H groups in total. The second-order valence-corrected chi connectivity index (χ2v) is 9.00. The number of hydrogen-bond donors (Lipinski definition) is 3. The van der Waals surface area contributed by atoms with Gasteiger partial charge >= 0.3 is 17.8 Å². The number of anilines is 2. The van der Waals surface area contributed by atoms with Crippen LogP contribution in [0.15, 0.2) is 102 Å². The SMILES string of the molecule is O=C(N/N=C/c1ccc(OC(=O)c2cccc(Cl)c2)cc1)C(=O)Nc1ccccc1C(=O)Nc1ccc(Cl)cc1. The molecule has 0 heterocycles. The summed E-state index contributed by atoms with van der Waals surface area (Å²) in [6, 6.07) is 25.4. The molecule has 4 rings (SSSR count). The van der Waals surface area contributed by atoms with Crippen molar-refractivity contribution in [2.45, 2.75) is 0 Å². The molecule has 3 amide bonds. The van der Waals surface area contributed by atoms with Crippen LogP contribution in [0.4, 0.5) is 11.4 Å². The van der Waals surface area contributed by atoms with Crippen molar-refractivity contribution in [3.05, 3.63) is 124 Å². The summed E-state index contributed by atoms with van der Waals surface area (Å²) in [5.41, 5.74) is 3.80. The normalized spacial score (nSPS) is 10.6. The molecule has 0 aliphatic rings. The van der Waals surface area contributed by atoms with Crippen molar-refractivity contribution in [1.29, 1.82) is 0 Å². The second kappa shape index (κ2) is 13.2. The summed E-state index contributed by atoms with van der Waals surface area (Å²) < 4.78 is 5.31. The zero-order valence-corrected chi connectivity index (χ0v) is 22.1. The topological polar surface area (TPSA) is 126 Å². The molecule has 0 saturated carbocycles. The number of carbonyl (C=O) groups is 4. The van der Waals surface area contributed by atoms with Crippen molar-refractivity contribution in [2.24, 2.45) is 5.10 Å². The number of nitrogens with zero attached hydrogens (tertiary/aromatic N) is 1. The van der Waals surface area contributed by atoms with E-state index < -0.39 is 23.7 Å².